The summed E-state index contributed by atoms with van der Waals surface area (Å²) < 4.78 is 68.9. The summed E-state index contributed by atoms with van der Waals surface area (Å²) in [6, 6.07) is 8.36. The van der Waals surface area contributed by atoms with Gasteiger partial charge >= 0.3 is 0 Å². The molecule has 0 saturated heterocycles. The molecule has 2 aromatic carbocycles. The number of benzene rings is 2. The predicted molar refractivity (Wildman–Crippen MR) is 129 cm³/mol. The molecule has 1 heterocycles. The minimum absolute atomic E-state index is 0.0503. The van der Waals surface area contributed by atoms with Crippen LogP contribution >= 0.6 is 11.6 Å². The Morgan fingerprint density at radius 2 is 1.83 bits per heavy atom. The van der Waals surface area contributed by atoms with Crippen molar-refractivity contribution in [2.75, 3.05) is 0 Å². The number of halogens is 4. The Balaban J connectivity index is 1.82. The Morgan fingerprint density at radius 1 is 1.17 bits per heavy atom. The molecule has 0 spiro atoms. The molecule has 3 rings (SSSR count). The van der Waals surface area contributed by atoms with Crippen LogP contribution in [0, 0.1) is 24.4 Å². The maximum atomic E-state index is 14.3. The topological polar surface area (TPSA) is 97.6 Å². The van der Waals surface area contributed by atoms with Gasteiger partial charge < -0.3 is 14.6 Å². The zero-order chi connectivity index (χ0) is 26.6. The fraction of sp³-hybridized carbons (Fsp3) is 0.250. The second kappa shape index (κ2) is 11.7. The van der Waals surface area contributed by atoms with Gasteiger partial charge in [0.15, 0.2) is 11.1 Å². The molecule has 36 heavy (non-hydrogen) atoms. The summed E-state index contributed by atoms with van der Waals surface area (Å²) >= 11 is 4.01. The number of ether oxygens (including phenoxy) is 1. The van der Waals surface area contributed by atoms with Crippen molar-refractivity contribution in [1.82, 2.24) is 9.88 Å². The van der Waals surface area contributed by atoms with Gasteiger partial charge in [-0.1, -0.05) is 23.7 Å². The lowest BCUT2D eigenvalue weighted by Crippen LogP contribution is -2.28. The van der Waals surface area contributed by atoms with Crippen LogP contribution < -0.4 is 15.6 Å². The molecule has 2 atom stereocenters. The molecular weight excluding hydrogens is 521 g/mol. The summed E-state index contributed by atoms with van der Waals surface area (Å²) in [6.45, 7) is 2.65. The van der Waals surface area contributed by atoms with Gasteiger partial charge in [-0.25, -0.2) is 17.4 Å². The molecular formula is C24H22ClF3N2O5S. The third-order valence-electron chi connectivity index (χ3n) is 5.31. The minimum atomic E-state index is -2.16. The van der Waals surface area contributed by atoms with Gasteiger partial charge in [-0.2, -0.15) is 0 Å². The normalized spacial score (nSPS) is 12.8. The highest BCUT2D eigenvalue weighted by Gasteiger charge is 2.20. The molecule has 0 aliphatic carbocycles. The molecule has 2 N–H and O–H groups in total. The largest absolute Gasteiger partial charge is 0.487 e. The molecule has 0 aliphatic rings. The van der Waals surface area contributed by atoms with E-state index in [1.165, 1.54) is 44.2 Å². The zero-order valence-electron chi connectivity index (χ0n) is 19.2. The zero-order valence-corrected chi connectivity index (χ0v) is 20.8. The quantitative estimate of drug-likeness (QED) is 0.390. The molecule has 0 bridgehead atoms. The van der Waals surface area contributed by atoms with E-state index in [-0.39, 0.29) is 31.0 Å². The predicted octanol–water partition coefficient (Wildman–Crippen LogP) is 4.41. The van der Waals surface area contributed by atoms with Gasteiger partial charge in [0.05, 0.1) is 5.25 Å². The number of para-hydroxylation sites is 1. The highest BCUT2D eigenvalue weighted by Crippen LogP contribution is 2.27. The number of nitrogens with one attached hydrogen (secondary N) is 1. The Morgan fingerprint density at radius 3 is 2.47 bits per heavy atom. The monoisotopic (exact) mass is 542 g/mol. The van der Waals surface area contributed by atoms with Crippen molar-refractivity contribution in [3.05, 3.63) is 92.1 Å². The van der Waals surface area contributed by atoms with Crippen molar-refractivity contribution in [3.63, 3.8) is 0 Å². The minimum Gasteiger partial charge on any atom is -0.487 e. The number of hydrogen-bond acceptors (Lipinski definition) is 4. The van der Waals surface area contributed by atoms with Crippen molar-refractivity contribution in [1.29, 1.82) is 0 Å². The third kappa shape index (κ3) is 6.34. The molecule has 3 aromatic rings. The van der Waals surface area contributed by atoms with Crippen LogP contribution in [0.1, 0.15) is 30.2 Å². The first-order valence-electron chi connectivity index (χ1n) is 10.6. The number of nitrogens with zero attached hydrogens (tertiary/aromatic N) is 1. The van der Waals surface area contributed by atoms with Crippen molar-refractivity contribution < 1.29 is 31.5 Å². The highest BCUT2D eigenvalue weighted by molar-refractivity contribution is 7.79. The van der Waals surface area contributed by atoms with Crippen LogP contribution in [0.3, 0.4) is 0 Å². The summed E-state index contributed by atoms with van der Waals surface area (Å²) in [5, 5.41) is 1.38. The molecule has 0 fully saturated rings. The molecule has 1 amide bonds. The van der Waals surface area contributed by atoms with Gasteiger partial charge in [0, 0.05) is 24.7 Å². The fourth-order valence-corrected chi connectivity index (χ4v) is 3.91. The molecule has 0 radical (unpaired) electrons. The molecule has 0 saturated carbocycles. The van der Waals surface area contributed by atoms with Gasteiger partial charge in [-0.15, -0.1) is 0 Å². The van der Waals surface area contributed by atoms with E-state index in [0.717, 1.165) is 16.7 Å². The summed E-state index contributed by atoms with van der Waals surface area (Å²) in [5.41, 5.74) is -0.461. The SMILES string of the molecule is Cc1cc(OCc2ccc(F)cc2CNC(=O)CC(C)S(=O)O)c(Cl)c(=O)n1-c1c(F)cccc1F. The second-order valence-corrected chi connectivity index (χ2v) is 9.68. The van der Waals surface area contributed by atoms with E-state index >= 15 is 0 Å². The van der Waals surface area contributed by atoms with Gasteiger partial charge in [0.2, 0.25) is 5.91 Å². The summed E-state index contributed by atoms with van der Waals surface area (Å²) in [5.74, 6) is -2.99. The Kier molecular flexibility index (Phi) is 8.93. The Bertz CT molecular complexity index is 1360. The van der Waals surface area contributed by atoms with E-state index < -0.39 is 56.0 Å². The smallest absolute Gasteiger partial charge is 0.278 e. The van der Waals surface area contributed by atoms with Crippen molar-refractivity contribution in [2.24, 2.45) is 0 Å². The molecule has 1 aromatic heterocycles. The summed E-state index contributed by atoms with van der Waals surface area (Å²) in [7, 11) is 0. The first kappa shape index (κ1) is 27.4. The lowest BCUT2D eigenvalue weighted by Gasteiger charge is -2.16. The highest BCUT2D eigenvalue weighted by atomic mass is 35.5. The van der Waals surface area contributed by atoms with Crippen LogP contribution in [-0.4, -0.2) is 24.5 Å². The molecule has 192 valence electrons. The van der Waals surface area contributed by atoms with Gasteiger partial charge in [0.1, 0.15) is 40.5 Å². The van der Waals surface area contributed by atoms with E-state index in [4.69, 9.17) is 20.9 Å². The lowest BCUT2D eigenvalue weighted by atomic mass is 10.1. The number of pyridine rings is 1. The van der Waals surface area contributed by atoms with Gasteiger partial charge in [0.25, 0.3) is 5.56 Å². The van der Waals surface area contributed by atoms with Crippen LogP contribution in [0.2, 0.25) is 5.02 Å². The van der Waals surface area contributed by atoms with E-state index in [1.807, 2.05) is 0 Å². The molecule has 12 heteroatoms. The molecule has 7 nitrogen and oxygen atoms in total. The first-order chi connectivity index (χ1) is 17.0. The maximum absolute atomic E-state index is 14.3. The van der Waals surface area contributed by atoms with Gasteiger partial charge in [-0.3, -0.25) is 14.2 Å². The maximum Gasteiger partial charge on any atom is 0.278 e. The lowest BCUT2D eigenvalue weighted by molar-refractivity contribution is -0.121. The number of aryl methyl sites for hydroxylation is 1. The number of hydrogen-bond donors (Lipinski definition) is 2. The summed E-state index contributed by atoms with van der Waals surface area (Å²) in [6.07, 6.45) is -0.196. The first-order valence-corrected chi connectivity index (χ1v) is 12.2. The Labute approximate surface area is 212 Å². The van der Waals surface area contributed by atoms with Crippen molar-refractivity contribution in [3.8, 4) is 11.4 Å². The summed E-state index contributed by atoms with van der Waals surface area (Å²) in [4.78, 5) is 24.9. The average Bonchev–Trinajstić information content (AvgIpc) is 2.81. The van der Waals surface area contributed by atoms with Crippen LogP contribution in [0.15, 0.2) is 47.3 Å². The Hall–Kier alpha value is -3.15. The number of amides is 1. The fourth-order valence-electron chi connectivity index (χ4n) is 3.42. The van der Waals surface area contributed by atoms with Crippen LogP contribution in [0.25, 0.3) is 5.69 Å². The molecule has 0 aliphatic heterocycles. The van der Waals surface area contributed by atoms with E-state index in [2.05, 4.69) is 5.32 Å². The van der Waals surface area contributed by atoms with E-state index in [0.29, 0.717) is 11.1 Å². The van der Waals surface area contributed by atoms with Crippen LogP contribution in [-0.2, 0) is 29.0 Å². The number of aromatic nitrogens is 1. The average molecular weight is 543 g/mol. The third-order valence-corrected chi connectivity index (χ3v) is 6.51. The second-order valence-electron chi connectivity index (χ2n) is 7.94. The van der Waals surface area contributed by atoms with Gasteiger partial charge in [-0.05, 0) is 49.2 Å². The van der Waals surface area contributed by atoms with Crippen molar-refractivity contribution >= 4 is 28.6 Å². The van der Waals surface area contributed by atoms with Crippen LogP contribution in [0.5, 0.6) is 5.75 Å². The van der Waals surface area contributed by atoms with E-state index in [1.54, 1.807) is 0 Å². The number of carbonyl (C=O) groups is 1. The van der Waals surface area contributed by atoms with E-state index in [9.17, 15) is 27.0 Å². The van der Waals surface area contributed by atoms with Crippen molar-refractivity contribution in [2.45, 2.75) is 38.7 Å². The molecule has 2 unspecified atom stereocenters. The number of carbonyl (C=O) groups excluding carboxylic acids is 1. The van der Waals surface area contributed by atoms with Crippen LogP contribution in [0.4, 0.5) is 13.2 Å². The standard InChI is InChI=1S/C24H22ClF3N2O5S/c1-13-8-20(22(25)24(32)30(13)23-18(27)4-3-5-19(23)28)35-12-15-6-7-17(26)10-16(15)11-29-21(31)9-14(2)36(33)34/h3-8,10,14H,9,11-12H2,1-2H3,(H,29,31)(H,33,34). The number of rotatable bonds is 9.